The number of esters is 1. The molecule has 3 rings (SSSR count). The molecule has 0 unspecified atom stereocenters. The molecule has 0 spiro atoms. The van der Waals surface area contributed by atoms with Crippen molar-refractivity contribution >= 4 is 38.8 Å². The Hall–Kier alpha value is -3.50. The molecule has 0 atom stereocenters. The van der Waals surface area contributed by atoms with Gasteiger partial charge in [-0.2, -0.15) is 4.98 Å². The molecule has 9 nitrogen and oxygen atoms in total. The Labute approximate surface area is 189 Å². The Balaban J connectivity index is 2.07. The first kappa shape index (κ1) is 23.2. The fraction of sp³-hybridized carbons (Fsp3) is 0.143. The van der Waals surface area contributed by atoms with Crippen molar-refractivity contribution in [3.05, 3.63) is 71.2 Å². The molecule has 32 heavy (non-hydrogen) atoms. The number of hydrogen-bond donors (Lipinski definition) is 1. The summed E-state index contributed by atoms with van der Waals surface area (Å²) in [5, 5.41) is 4.26. The van der Waals surface area contributed by atoms with Gasteiger partial charge in [-0.15, -0.1) is 0 Å². The van der Waals surface area contributed by atoms with E-state index in [4.69, 9.17) is 26.6 Å². The lowest BCUT2D eigenvalue weighted by Gasteiger charge is -2.03. The van der Waals surface area contributed by atoms with Gasteiger partial charge < -0.3 is 15.0 Å². The topological polar surface area (TPSA) is 138 Å². The maximum atomic E-state index is 12.0. The Morgan fingerprint density at radius 3 is 2.69 bits per heavy atom. The molecule has 0 amide bonds. The Morgan fingerprint density at radius 2 is 2.00 bits per heavy atom. The van der Waals surface area contributed by atoms with E-state index in [1.54, 1.807) is 43.3 Å². The number of aromatic nitrogens is 2. The Kier molecular flexibility index (Phi) is 7.06. The molecule has 0 aliphatic carbocycles. The number of carbonyl (C=O) groups is 1. The third kappa shape index (κ3) is 5.59. The van der Waals surface area contributed by atoms with E-state index in [0.717, 1.165) is 6.26 Å². The van der Waals surface area contributed by atoms with Crippen molar-refractivity contribution < 1.29 is 22.5 Å². The van der Waals surface area contributed by atoms with Crippen LogP contribution in [-0.2, 0) is 19.4 Å². The van der Waals surface area contributed by atoms with E-state index >= 15 is 0 Å². The first-order valence-electron chi connectivity index (χ1n) is 9.31. The third-order valence-electron chi connectivity index (χ3n) is 4.06. The van der Waals surface area contributed by atoms with Gasteiger partial charge in [0.2, 0.25) is 5.82 Å². The van der Waals surface area contributed by atoms with Gasteiger partial charge in [0.1, 0.15) is 11.4 Å². The van der Waals surface area contributed by atoms with Crippen molar-refractivity contribution in [2.75, 3.05) is 12.9 Å². The van der Waals surface area contributed by atoms with Crippen LogP contribution in [-0.4, -0.2) is 43.1 Å². The molecule has 0 aliphatic rings. The average Bonchev–Trinajstić information content (AvgIpc) is 3.24. The zero-order valence-electron chi connectivity index (χ0n) is 17.1. The number of nitrogens with zero attached hydrogens (tertiary/aromatic N) is 3. The van der Waals surface area contributed by atoms with Crippen LogP contribution in [0.4, 0.5) is 5.69 Å². The van der Waals surface area contributed by atoms with Crippen LogP contribution in [0.25, 0.3) is 11.4 Å². The van der Waals surface area contributed by atoms with Crippen LogP contribution in [0.3, 0.4) is 0 Å². The van der Waals surface area contributed by atoms with Crippen LogP contribution in [0.15, 0.2) is 74.7 Å². The number of benzene rings is 2. The lowest BCUT2D eigenvalue weighted by Crippen LogP contribution is -2.16. The molecule has 1 aromatic heterocycles. The van der Waals surface area contributed by atoms with Crippen molar-refractivity contribution in [2.45, 2.75) is 11.8 Å². The van der Waals surface area contributed by atoms with E-state index in [2.05, 4.69) is 15.1 Å². The minimum Gasteiger partial charge on any atom is -0.461 e. The molecule has 0 radical (unpaired) electrons. The average molecular weight is 475 g/mol. The molecule has 0 bridgehead atoms. The molecular formula is C21H19ClN4O5S. The molecule has 2 aromatic carbocycles. The highest BCUT2D eigenvalue weighted by Gasteiger charge is 2.18. The molecule has 0 saturated heterocycles. The Morgan fingerprint density at radius 1 is 1.25 bits per heavy atom. The lowest BCUT2D eigenvalue weighted by molar-refractivity contribution is -0.138. The predicted octanol–water partition coefficient (Wildman–Crippen LogP) is 3.32. The van der Waals surface area contributed by atoms with Crippen LogP contribution >= 0.6 is 11.6 Å². The maximum Gasteiger partial charge on any atom is 0.354 e. The van der Waals surface area contributed by atoms with Gasteiger partial charge in [-0.3, -0.25) is 0 Å². The highest BCUT2D eigenvalue weighted by molar-refractivity contribution is 7.90. The molecule has 166 valence electrons. The second kappa shape index (κ2) is 9.75. The smallest absolute Gasteiger partial charge is 0.354 e. The fourth-order valence-corrected chi connectivity index (χ4v) is 3.39. The summed E-state index contributed by atoms with van der Waals surface area (Å²) in [6.45, 7) is 1.80. The Bertz CT molecular complexity index is 1310. The number of carbonyl (C=O) groups excluding carboxylic acids is 1. The molecule has 2 N–H and O–H groups in total. The van der Waals surface area contributed by atoms with Gasteiger partial charge in [-0.05, 0) is 37.3 Å². The van der Waals surface area contributed by atoms with E-state index < -0.39 is 15.8 Å². The SMILES string of the molecule is CCOC(=O)/C(N)=C/C(=Nc1ccccc1Cl)c1nc(-c2cccc(S(C)(=O)=O)c2)no1. The van der Waals surface area contributed by atoms with Crippen LogP contribution in [0.2, 0.25) is 5.02 Å². The third-order valence-corrected chi connectivity index (χ3v) is 5.49. The summed E-state index contributed by atoms with van der Waals surface area (Å²) in [6.07, 6.45) is 2.34. The molecule has 1 heterocycles. The molecule has 3 aromatic rings. The number of halogens is 1. The summed E-state index contributed by atoms with van der Waals surface area (Å²) >= 11 is 6.19. The van der Waals surface area contributed by atoms with Crippen molar-refractivity contribution in [3.63, 3.8) is 0 Å². The zero-order valence-corrected chi connectivity index (χ0v) is 18.7. The van der Waals surface area contributed by atoms with E-state index in [-0.39, 0.29) is 34.6 Å². The number of sulfone groups is 1. The summed E-state index contributed by atoms with van der Waals surface area (Å²) in [5.41, 5.74) is 6.48. The van der Waals surface area contributed by atoms with Crippen molar-refractivity contribution in [1.82, 2.24) is 10.1 Å². The first-order valence-corrected chi connectivity index (χ1v) is 11.6. The quantitative estimate of drug-likeness (QED) is 0.312. The number of aliphatic imine (C=N–C) groups is 1. The molecule has 11 heteroatoms. The number of rotatable bonds is 7. The van der Waals surface area contributed by atoms with Gasteiger partial charge in [-0.25, -0.2) is 18.2 Å². The van der Waals surface area contributed by atoms with Crippen molar-refractivity contribution in [2.24, 2.45) is 10.7 Å². The number of allylic oxidation sites excluding steroid dienone is 1. The van der Waals surface area contributed by atoms with E-state index in [9.17, 15) is 13.2 Å². The summed E-state index contributed by atoms with van der Waals surface area (Å²) in [4.78, 5) is 20.8. The normalized spacial score (nSPS) is 12.6. The van der Waals surface area contributed by atoms with Gasteiger partial charge >= 0.3 is 5.97 Å². The molecule has 0 saturated carbocycles. The minimum atomic E-state index is -3.42. The van der Waals surface area contributed by atoms with Crippen LogP contribution in [0.1, 0.15) is 12.8 Å². The van der Waals surface area contributed by atoms with E-state index in [0.29, 0.717) is 16.3 Å². The van der Waals surface area contributed by atoms with E-state index in [1.807, 2.05) is 0 Å². The summed E-state index contributed by atoms with van der Waals surface area (Å²) in [5.74, 6) is -0.669. The summed E-state index contributed by atoms with van der Waals surface area (Å²) in [7, 11) is -3.42. The lowest BCUT2D eigenvalue weighted by atomic mass is 10.2. The second-order valence-electron chi connectivity index (χ2n) is 6.49. The first-order chi connectivity index (χ1) is 15.2. The summed E-state index contributed by atoms with van der Waals surface area (Å²) in [6, 6.07) is 12.9. The molecule has 0 fully saturated rings. The van der Waals surface area contributed by atoms with Gasteiger partial charge in [-0.1, -0.05) is 41.0 Å². The maximum absolute atomic E-state index is 12.0. The number of para-hydroxylation sites is 1. The van der Waals surface area contributed by atoms with Crippen molar-refractivity contribution in [1.29, 1.82) is 0 Å². The standard InChI is InChI=1S/C21H19ClN4O5S/c1-3-30-21(27)16(23)12-18(24-17-10-5-4-9-15(17)22)20-25-19(26-31-20)13-7-6-8-14(11-13)32(2,28)29/h4-12H,3,23H2,1-2H3/b16-12-,24-18?. The summed E-state index contributed by atoms with van der Waals surface area (Å²) < 4.78 is 33.9. The van der Waals surface area contributed by atoms with Crippen LogP contribution in [0.5, 0.6) is 0 Å². The van der Waals surface area contributed by atoms with Crippen molar-refractivity contribution in [3.8, 4) is 11.4 Å². The molecular weight excluding hydrogens is 456 g/mol. The van der Waals surface area contributed by atoms with Crippen LogP contribution < -0.4 is 5.73 Å². The van der Waals surface area contributed by atoms with Gasteiger partial charge in [0.15, 0.2) is 9.84 Å². The predicted molar refractivity (Wildman–Crippen MR) is 119 cm³/mol. The monoisotopic (exact) mass is 474 g/mol. The van der Waals surface area contributed by atoms with Crippen LogP contribution in [0, 0.1) is 0 Å². The highest BCUT2D eigenvalue weighted by Crippen LogP contribution is 2.26. The minimum absolute atomic E-state index is 0.0584. The number of ether oxygens (including phenoxy) is 1. The number of nitrogens with two attached hydrogens (primary N) is 1. The zero-order chi connectivity index (χ0) is 23.3. The number of hydrogen-bond acceptors (Lipinski definition) is 9. The van der Waals surface area contributed by atoms with E-state index in [1.165, 1.54) is 18.2 Å². The molecule has 0 aliphatic heterocycles. The highest BCUT2D eigenvalue weighted by atomic mass is 35.5. The second-order valence-corrected chi connectivity index (χ2v) is 8.91. The van der Waals surface area contributed by atoms with Gasteiger partial charge in [0.05, 0.1) is 22.2 Å². The van der Waals surface area contributed by atoms with Gasteiger partial charge in [0.25, 0.3) is 5.89 Å². The van der Waals surface area contributed by atoms with Gasteiger partial charge in [0, 0.05) is 11.8 Å². The fourth-order valence-electron chi connectivity index (χ4n) is 2.55. The largest absolute Gasteiger partial charge is 0.461 e.